The molecule has 2 aromatic rings. The maximum Gasteiger partial charge on any atom is 0.322 e. The highest BCUT2D eigenvalue weighted by Crippen LogP contribution is 2.20. The maximum absolute atomic E-state index is 13.4. The Labute approximate surface area is 231 Å². The van der Waals surface area contributed by atoms with Crippen molar-refractivity contribution in [3.05, 3.63) is 65.7 Å². The van der Waals surface area contributed by atoms with Gasteiger partial charge in [0.15, 0.2) is 0 Å². The van der Waals surface area contributed by atoms with E-state index in [0.717, 1.165) is 11.1 Å². The number of hydrogen-bond acceptors (Lipinski definition) is 7. The fourth-order valence-corrected chi connectivity index (χ4v) is 4.51. The van der Waals surface area contributed by atoms with Crippen LogP contribution in [0.25, 0.3) is 0 Å². The van der Waals surface area contributed by atoms with Gasteiger partial charge in [-0.25, -0.2) is 0 Å². The molecule has 1 saturated heterocycles. The summed E-state index contributed by atoms with van der Waals surface area (Å²) >= 11 is 0. The molecule has 3 rings (SSSR count). The summed E-state index contributed by atoms with van der Waals surface area (Å²) in [5.41, 5.74) is 7.71. The zero-order chi connectivity index (χ0) is 29.2. The Hall–Kier alpha value is -4.45. The molecule has 1 fully saturated rings. The van der Waals surface area contributed by atoms with Crippen LogP contribution >= 0.6 is 0 Å². The van der Waals surface area contributed by atoms with Gasteiger partial charge in [-0.2, -0.15) is 0 Å². The number of aromatic hydroxyl groups is 1. The Kier molecular flexibility index (Phi) is 10.6. The molecular formula is C28H35N5O7. The molecular weight excluding hydrogens is 518 g/mol. The molecule has 40 heavy (non-hydrogen) atoms. The number of phenols is 1. The molecule has 4 atom stereocenters. The van der Waals surface area contributed by atoms with Crippen LogP contribution in [0.4, 0.5) is 0 Å². The van der Waals surface area contributed by atoms with Crippen LogP contribution < -0.4 is 21.7 Å². The number of rotatable bonds is 12. The van der Waals surface area contributed by atoms with E-state index in [2.05, 4.69) is 16.0 Å². The van der Waals surface area contributed by atoms with Crippen LogP contribution in [0, 0.1) is 0 Å². The number of aliphatic carboxylic acids is 1. The van der Waals surface area contributed by atoms with E-state index in [0.29, 0.717) is 19.4 Å². The smallest absolute Gasteiger partial charge is 0.322 e. The Morgan fingerprint density at radius 2 is 1.60 bits per heavy atom. The highest BCUT2D eigenvalue weighted by Gasteiger charge is 2.38. The molecule has 0 unspecified atom stereocenters. The van der Waals surface area contributed by atoms with Gasteiger partial charge >= 0.3 is 5.97 Å². The zero-order valence-electron chi connectivity index (χ0n) is 22.2. The predicted molar refractivity (Wildman–Crippen MR) is 145 cm³/mol. The number of carbonyl (C=O) groups excluding carboxylic acids is 4. The summed E-state index contributed by atoms with van der Waals surface area (Å²) in [4.78, 5) is 64.1. The number of hydrogen-bond donors (Lipinski definition) is 6. The molecule has 0 radical (unpaired) electrons. The first kappa shape index (κ1) is 30.1. The molecule has 214 valence electrons. The quantitative estimate of drug-likeness (QED) is 0.206. The van der Waals surface area contributed by atoms with Crippen LogP contribution in [-0.4, -0.2) is 82.0 Å². The lowest BCUT2D eigenvalue weighted by molar-refractivity contribution is -0.140. The van der Waals surface area contributed by atoms with Gasteiger partial charge in [0.05, 0.1) is 6.04 Å². The largest absolute Gasteiger partial charge is 0.508 e. The van der Waals surface area contributed by atoms with E-state index >= 15 is 0 Å². The van der Waals surface area contributed by atoms with Gasteiger partial charge < -0.3 is 36.8 Å². The van der Waals surface area contributed by atoms with Crippen molar-refractivity contribution in [3.63, 3.8) is 0 Å². The van der Waals surface area contributed by atoms with Crippen LogP contribution in [0.1, 0.15) is 30.9 Å². The van der Waals surface area contributed by atoms with Crippen molar-refractivity contribution in [2.24, 2.45) is 5.73 Å². The number of benzene rings is 2. The summed E-state index contributed by atoms with van der Waals surface area (Å²) in [6.45, 7) is 1.16. The lowest BCUT2D eigenvalue weighted by Crippen LogP contribution is -2.57. The maximum atomic E-state index is 13.4. The minimum absolute atomic E-state index is 0.101. The molecule has 1 aliphatic heterocycles. The van der Waals surface area contributed by atoms with E-state index in [4.69, 9.17) is 10.8 Å². The molecule has 0 spiro atoms. The van der Waals surface area contributed by atoms with Crippen molar-refractivity contribution in [3.8, 4) is 5.75 Å². The summed E-state index contributed by atoms with van der Waals surface area (Å²) in [6.07, 6.45) is 1.34. The third-order valence-corrected chi connectivity index (χ3v) is 6.63. The third-order valence-electron chi connectivity index (χ3n) is 6.63. The fourth-order valence-electron chi connectivity index (χ4n) is 4.51. The highest BCUT2D eigenvalue weighted by molar-refractivity contribution is 5.95. The van der Waals surface area contributed by atoms with E-state index in [1.807, 2.05) is 6.07 Å². The van der Waals surface area contributed by atoms with Crippen molar-refractivity contribution in [2.75, 3.05) is 13.1 Å². The number of carboxylic acids is 1. The third kappa shape index (κ3) is 8.53. The minimum atomic E-state index is -1.22. The van der Waals surface area contributed by atoms with Gasteiger partial charge in [-0.3, -0.25) is 24.0 Å². The molecule has 1 heterocycles. The van der Waals surface area contributed by atoms with Gasteiger partial charge in [0.2, 0.25) is 23.6 Å². The summed E-state index contributed by atoms with van der Waals surface area (Å²) in [7, 11) is 0. The standard InChI is InChI=1S/C28H35N5O7/c1-17(25(37)30-16-24(35)36)31-26(38)22(15-18-6-3-2-4-7-18)32-27(39)23-8-5-13-33(23)28(40)21(29)14-19-9-11-20(34)12-10-19/h2-4,6-7,9-12,17,21-23,34H,5,8,13-16,29H2,1H3,(H,30,37)(H,31,38)(H,32,39)(H,35,36)/t17-,21-,22-,23-/m0/s1. The number of carbonyl (C=O) groups is 5. The Morgan fingerprint density at radius 3 is 2.25 bits per heavy atom. The molecule has 0 bridgehead atoms. The molecule has 2 aromatic carbocycles. The summed E-state index contributed by atoms with van der Waals surface area (Å²) in [6, 6.07) is 11.5. The monoisotopic (exact) mass is 553 g/mol. The van der Waals surface area contributed by atoms with E-state index in [1.54, 1.807) is 36.4 Å². The second-order valence-corrected chi connectivity index (χ2v) is 9.76. The minimum Gasteiger partial charge on any atom is -0.508 e. The fraction of sp³-hybridized carbons (Fsp3) is 0.393. The summed E-state index contributed by atoms with van der Waals surface area (Å²) in [5.74, 6) is -3.34. The van der Waals surface area contributed by atoms with Crippen molar-refractivity contribution in [2.45, 2.75) is 56.8 Å². The van der Waals surface area contributed by atoms with Crippen molar-refractivity contribution in [1.29, 1.82) is 0 Å². The van der Waals surface area contributed by atoms with E-state index in [9.17, 15) is 29.1 Å². The summed E-state index contributed by atoms with van der Waals surface area (Å²) < 4.78 is 0. The van der Waals surface area contributed by atoms with Crippen LogP contribution in [0.5, 0.6) is 5.75 Å². The van der Waals surface area contributed by atoms with Gasteiger partial charge in [-0.05, 0) is 49.4 Å². The van der Waals surface area contributed by atoms with Crippen molar-refractivity contribution >= 4 is 29.6 Å². The average Bonchev–Trinajstić information content (AvgIpc) is 3.42. The molecule has 12 nitrogen and oxygen atoms in total. The number of amides is 4. The van der Waals surface area contributed by atoms with Crippen LogP contribution in [0.3, 0.4) is 0 Å². The number of likely N-dealkylation sites (tertiary alicyclic amines) is 1. The number of nitrogens with two attached hydrogens (primary N) is 1. The summed E-state index contributed by atoms with van der Waals surface area (Å²) in [5, 5.41) is 25.7. The molecule has 1 aliphatic rings. The number of carboxylic acid groups (broad SMARTS) is 1. The number of phenolic OH excluding ortho intramolecular Hbond substituents is 1. The van der Waals surface area contributed by atoms with Crippen molar-refractivity contribution in [1.82, 2.24) is 20.9 Å². The Balaban J connectivity index is 1.69. The van der Waals surface area contributed by atoms with E-state index in [-0.39, 0.29) is 18.6 Å². The predicted octanol–water partition coefficient (Wildman–Crippen LogP) is -0.314. The van der Waals surface area contributed by atoms with Gasteiger partial charge in [-0.1, -0.05) is 42.5 Å². The Morgan fingerprint density at radius 1 is 0.950 bits per heavy atom. The molecule has 4 amide bonds. The molecule has 12 heteroatoms. The first-order chi connectivity index (χ1) is 19.0. The van der Waals surface area contributed by atoms with Gasteiger partial charge in [0, 0.05) is 13.0 Å². The highest BCUT2D eigenvalue weighted by atomic mass is 16.4. The lowest BCUT2D eigenvalue weighted by Gasteiger charge is -2.28. The number of nitrogens with one attached hydrogen (secondary N) is 3. The normalized spacial score (nSPS) is 16.9. The van der Waals surface area contributed by atoms with Crippen molar-refractivity contribution < 1.29 is 34.2 Å². The number of nitrogens with zero attached hydrogens (tertiary/aromatic N) is 1. The molecule has 0 saturated carbocycles. The van der Waals surface area contributed by atoms with Crippen LogP contribution in [-0.2, 0) is 36.8 Å². The lowest BCUT2D eigenvalue weighted by atomic mass is 10.0. The van der Waals surface area contributed by atoms with Gasteiger partial charge in [0.25, 0.3) is 0 Å². The second-order valence-electron chi connectivity index (χ2n) is 9.76. The SMILES string of the molecule is C[C@H](NC(=O)[C@H](Cc1ccccc1)NC(=O)[C@@H]1CCCN1C(=O)[C@@H](N)Cc1ccc(O)cc1)C(=O)NCC(=O)O. The second kappa shape index (κ2) is 14.1. The Bertz CT molecular complexity index is 1210. The molecule has 7 N–H and O–H groups in total. The van der Waals surface area contributed by atoms with Crippen LogP contribution in [0.15, 0.2) is 54.6 Å². The topological polar surface area (TPSA) is 191 Å². The average molecular weight is 554 g/mol. The van der Waals surface area contributed by atoms with Gasteiger partial charge in [-0.15, -0.1) is 0 Å². The molecule has 0 aliphatic carbocycles. The van der Waals surface area contributed by atoms with Crippen LogP contribution in [0.2, 0.25) is 0 Å². The van der Waals surface area contributed by atoms with Gasteiger partial charge in [0.1, 0.15) is 30.4 Å². The zero-order valence-corrected chi connectivity index (χ0v) is 22.2. The van der Waals surface area contributed by atoms with E-state index in [1.165, 1.54) is 24.0 Å². The first-order valence-corrected chi connectivity index (χ1v) is 13.0. The first-order valence-electron chi connectivity index (χ1n) is 13.0. The molecule has 0 aromatic heterocycles. The van der Waals surface area contributed by atoms with E-state index < -0.39 is 60.3 Å².